The van der Waals surface area contributed by atoms with Crippen molar-refractivity contribution in [2.24, 2.45) is 0 Å². The van der Waals surface area contributed by atoms with E-state index in [0.717, 1.165) is 6.42 Å². The standard InChI is InChI=1S/C13H17ClN2O3/c1-2-7-15-8-11(17)16-12(13(18)19)9-5-3-4-6-10(9)14/h3-6,12,15H,2,7-8H2,1H3,(H,16,17)(H,18,19)/t12-/m1/s1. The molecule has 0 aliphatic carbocycles. The fourth-order valence-electron chi connectivity index (χ4n) is 1.57. The van der Waals surface area contributed by atoms with Gasteiger partial charge in [0, 0.05) is 10.6 Å². The second kappa shape index (κ2) is 7.76. The highest BCUT2D eigenvalue weighted by molar-refractivity contribution is 6.31. The number of amides is 1. The fraction of sp³-hybridized carbons (Fsp3) is 0.385. The van der Waals surface area contributed by atoms with Crippen molar-refractivity contribution in [2.45, 2.75) is 19.4 Å². The molecule has 1 amide bonds. The van der Waals surface area contributed by atoms with Gasteiger partial charge in [-0.1, -0.05) is 36.7 Å². The first-order valence-corrected chi connectivity index (χ1v) is 6.41. The molecule has 1 aromatic rings. The van der Waals surface area contributed by atoms with E-state index in [1.807, 2.05) is 6.92 Å². The molecule has 1 atom stereocenters. The zero-order valence-electron chi connectivity index (χ0n) is 10.6. The minimum Gasteiger partial charge on any atom is -0.479 e. The molecule has 0 aliphatic rings. The number of halogens is 1. The number of aliphatic carboxylic acids is 1. The highest BCUT2D eigenvalue weighted by Crippen LogP contribution is 2.22. The molecule has 0 saturated carbocycles. The lowest BCUT2D eigenvalue weighted by Gasteiger charge is -2.16. The molecule has 5 nitrogen and oxygen atoms in total. The first-order valence-electron chi connectivity index (χ1n) is 6.03. The maximum absolute atomic E-state index is 11.6. The van der Waals surface area contributed by atoms with Crippen LogP contribution in [0.3, 0.4) is 0 Å². The predicted molar refractivity (Wildman–Crippen MR) is 73.1 cm³/mol. The van der Waals surface area contributed by atoms with Crippen molar-refractivity contribution in [3.63, 3.8) is 0 Å². The molecule has 1 rings (SSSR count). The number of hydrogen-bond donors (Lipinski definition) is 3. The van der Waals surface area contributed by atoms with E-state index < -0.39 is 12.0 Å². The Morgan fingerprint density at radius 2 is 2.05 bits per heavy atom. The second-order valence-corrected chi connectivity index (χ2v) is 4.44. The molecule has 6 heteroatoms. The Morgan fingerprint density at radius 1 is 1.37 bits per heavy atom. The normalized spacial score (nSPS) is 11.9. The van der Waals surface area contributed by atoms with E-state index in [-0.39, 0.29) is 12.5 Å². The monoisotopic (exact) mass is 284 g/mol. The molecule has 104 valence electrons. The molecule has 0 fully saturated rings. The highest BCUT2D eigenvalue weighted by atomic mass is 35.5. The van der Waals surface area contributed by atoms with Crippen LogP contribution in [0.4, 0.5) is 0 Å². The lowest BCUT2D eigenvalue weighted by atomic mass is 10.1. The molecule has 0 unspecified atom stereocenters. The van der Waals surface area contributed by atoms with Gasteiger partial charge in [0.15, 0.2) is 6.04 Å². The van der Waals surface area contributed by atoms with Crippen molar-refractivity contribution >= 4 is 23.5 Å². The van der Waals surface area contributed by atoms with Gasteiger partial charge in [-0.25, -0.2) is 4.79 Å². The summed E-state index contributed by atoms with van der Waals surface area (Å²) in [6.07, 6.45) is 0.903. The number of carboxylic acids is 1. The summed E-state index contributed by atoms with van der Waals surface area (Å²) in [5.41, 5.74) is 0.375. The maximum Gasteiger partial charge on any atom is 0.330 e. The molecule has 0 radical (unpaired) electrons. The van der Waals surface area contributed by atoms with E-state index in [9.17, 15) is 14.7 Å². The molecule has 3 N–H and O–H groups in total. The topological polar surface area (TPSA) is 78.4 Å². The fourth-order valence-corrected chi connectivity index (χ4v) is 1.82. The molecule has 0 aromatic heterocycles. The van der Waals surface area contributed by atoms with Crippen LogP contribution in [0.15, 0.2) is 24.3 Å². The van der Waals surface area contributed by atoms with E-state index in [1.54, 1.807) is 24.3 Å². The van der Waals surface area contributed by atoms with Gasteiger partial charge in [-0.15, -0.1) is 0 Å². The Morgan fingerprint density at radius 3 is 2.63 bits per heavy atom. The average Bonchev–Trinajstić information content (AvgIpc) is 2.37. The zero-order valence-corrected chi connectivity index (χ0v) is 11.4. The zero-order chi connectivity index (χ0) is 14.3. The first-order chi connectivity index (χ1) is 9.06. The molecule has 1 aromatic carbocycles. The van der Waals surface area contributed by atoms with Crippen molar-refractivity contribution in [1.29, 1.82) is 0 Å². The second-order valence-electron chi connectivity index (χ2n) is 4.04. The summed E-state index contributed by atoms with van der Waals surface area (Å²) in [6.45, 7) is 2.77. The van der Waals surface area contributed by atoms with Crippen LogP contribution in [0.25, 0.3) is 0 Å². The lowest BCUT2D eigenvalue weighted by molar-refractivity contribution is -0.141. The van der Waals surface area contributed by atoms with Crippen LogP contribution in [0.5, 0.6) is 0 Å². The summed E-state index contributed by atoms with van der Waals surface area (Å²) < 4.78 is 0. The Hall–Kier alpha value is -1.59. The van der Waals surface area contributed by atoms with Crippen LogP contribution in [0.1, 0.15) is 24.9 Å². The summed E-state index contributed by atoms with van der Waals surface area (Å²) >= 11 is 5.94. The van der Waals surface area contributed by atoms with Crippen molar-refractivity contribution in [3.05, 3.63) is 34.9 Å². The molecule has 0 spiro atoms. The van der Waals surface area contributed by atoms with Gasteiger partial charge < -0.3 is 15.7 Å². The number of rotatable bonds is 7. The van der Waals surface area contributed by atoms with Crippen LogP contribution in [0.2, 0.25) is 5.02 Å². The molecule has 0 saturated heterocycles. The minimum absolute atomic E-state index is 0.0854. The number of carbonyl (C=O) groups is 2. The van der Waals surface area contributed by atoms with Gasteiger partial charge in [-0.2, -0.15) is 0 Å². The van der Waals surface area contributed by atoms with Crippen LogP contribution < -0.4 is 10.6 Å². The predicted octanol–water partition coefficient (Wildman–Crippen LogP) is 1.58. The van der Waals surface area contributed by atoms with Crippen molar-refractivity contribution in [2.75, 3.05) is 13.1 Å². The quantitative estimate of drug-likeness (QED) is 0.664. The summed E-state index contributed by atoms with van der Waals surface area (Å²) in [7, 11) is 0. The van der Waals surface area contributed by atoms with Gasteiger partial charge in [0.25, 0.3) is 0 Å². The van der Waals surface area contributed by atoms with E-state index in [4.69, 9.17) is 11.6 Å². The number of benzene rings is 1. The van der Waals surface area contributed by atoms with Gasteiger partial charge >= 0.3 is 5.97 Å². The number of carbonyl (C=O) groups excluding carboxylic acids is 1. The summed E-state index contributed by atoms with van der Waals surface area (Å²) in [5, 5.41) is 14.8. The SMILES string of the molecule is CCCNCC(=O)N[C@@H](C(=O)O)c1ccccc1Cl. The van der Waals surface area contributed by atoms with Crippen LogP contribution in [-0.4, -0.2) is 30.1 Å². The third-order valence-electron chi connectivity index (χ3n) is 2.48. The van der Waals surface area contributed by atoms with Crippen LogP contribution >= 0.6 is 11.6 Å². The Balaban J connectivity index is 2.72. The molecular formula is C13H17ClN2O3. The van der Waals surface area contributed by atoms with E-state index >= 15 is 0 Å². The minimum atomic E-state index is -1.14. The molecule has 0 bridgehead atoms. The summed E-state index contributed by atoms with van der Waals surface area (Å²) in [4.78, 5) is 22.9. The lowest BCUT2D eigenvalue weighted by Crippen LogP contribution is -2.39. The Bertz CT molecular complexity index is 451. The largest absolute Gasteiger partial charge is 0.479 e. The number of hydrogen-bond acceptors (Lipinski definition) is 3. The van der Waals surface area contributed by atoms with E-state index in [2.05, 4.69) is 10.6 Å². The number of carboxylic acid groups (broad SMARTS) is 1. The first kappa shape index (κ1) is 15.5. The van der Waals surface area contributed by atoms with Gasteiger partial charge in [0.05, 0.1) is 6.54 Å². The van der Waals surface area contributed by atoms with Gasteiger partial charge in [-0.05, 0) is 19.0 Å². The maximum atomic E-state index is 11.6. The Kier molecular flexibility index (Phi) is 6.32. The van der Waals surface area contributed by atoms with Crippen LogP contribution in [0, 0.1) is 0 Å². The molecular weight excluding hydrogens is 268 g/mol. The number of nitrogens with one attached hydrogen (secondary N) is 2. The summed E-state index contributed by atoms with van der Waals surface area (Å²) in [5.74, 6) is -1.52. The summed E-state index contributed by atoms with van der Waals surface area (Å²) in [6, 6.07) is 5.42. The van der Waals surface area contributed by atoms with Gasteiger partial charge in [0.1, 0.15) is 0 Å². The third kappa shape index (κ3) is 4.89. The van der Waals surface area contributed by atoms with Gasteiger partial charge in [-0.3, -0.25) is 4.79 Å². The van der Waals surface area contributed by atoms with Crippen LogP contribution in [-0.2, 0) is 9.59 Å². The van der Waals surface area contributed by atoms with Crippen molar-refractivity contribution < 1.29 is 14.7 Å². The molecule has 0 aliphatic heterocycles. The third-order valence-corrected chi connectivity index (χ3v) is 2.83. The molecule has 19 heavy (non-hydrogen) atoms. The van der Waals surface area contributed by atoms with E-state index in [0.29, 0.717) is 17.1 Å². The van der Waals surface area contributed by atoms with Crippen molar-refractivity contribution in [1.82, 2.24) is 10.6 Å². The Labute approximate surface area is 117 Å². The van der Waals surface area contributed by atoms with E-state index in [1.165, 1.54) is 0 Å². The van der Waals surface area contributed by atoms with Gasteiger partial charge in [0.2, 0.25) is 5.91 Å². The average molecular weight is 285 g/mol. The van der Waals surface area contributed by atoms with Crippen molar-refractivity contribution in [3.8, 4) is 0 Å². The molecule has 0 heterocycles. The highest BCUT2D eigenvalue weighted by Gasteiger charge is 2.23. The smallest absolute Gasteiger partial charge is 0.330 e.